The lowest BCUT2D eigenvalue weighted by molar-refractivity contribution is -0.139. The van der Waals surface area contributed by atoms with Crippen molar-refractivity contribution in [1.29, 1.82) is 0 Å². The normalized spacial score (nSPS) is 12.9. The van der Waals surface area contributed by atoms with Crippen molar-refractivity contribution in [2.75, 3.05) is 10.8 Å². The molecule has 0 aliphatic rings. The molecule has 0 aliphatic heterocycles. The molecule has 0 unspecified atom stereocenters. The minimum absolute atomic E-state index is 0.0406. The zero-order chi connectivity index (χ0) is 29.6. The Morgan fingerprint density at radius 1 is 0.925 bits per heavy atom. The molecule has 9 heteroatoms. The SMILES string of the molecule is CC[C@@H](C)NC(=O)[C@@H](C)N(Cc1ccccc1Cl)C(=O)CN(c1ccc(C)cc1C)S(=O)(=O)c1ccc(C)cc1. The largest absolute Gasteiger partial charge is 0.352 e. The van der Waals surface area contributed by atoms with Gasteiger partial charge in [0.1, 0.15) is 12.6 Å². The van der Waals surface area contributed by atoms with Gasteiger partial charge in [-0.2, -0.15) is 0 Å². The maximum absolute atomic E-state index is 14.1. The Morgan fingerprint density at radius 2 is 1.55 bits per heavy atom. The van der Waals surface area contributed by atoms with Crippen molar-refractivity contribution in [3.05, 3.63) is 94.0 Å². The van der Waals surface area contributed by atoms with E-state index >= 15 is 0 Å². The van der Waals surface area contributed by atoms with Gasteiger partial charge in [-0.3, -0.25) is 13.9 Å². The Labute approximate surface area is 243 Å². The summed E-state index contributed by atoms with van der Waals surface area (Å²) in [6.07, 6.45) is 0.728. The van der Waals surface area contributed by atoms with Crippen LogP contribution in [0.1, 0.15) is 49.4 Å². The number of anilines is 1. The first-order chi connectivity index (χ1) is 18.8. The number of nitrogens with zero attached hydrogens (tertiary/aromatic N) is 2. The number of carbonyl (C=O) groups is 2. The van der Waals surface area contributed by atoms with Crippen molar-refractivity contribution in [3.8, 4) is 0 Å². The first-order valence-corrected chi connectivity index (χ1v) is 15.2. The molecule has 0 saturated carbocycles. The molecule has 0 fully saturated rings. The van der Waals surface area contributed by atoms with Gasteiger partial charge in [0.2, 0.25) is 11.8 Å². The highest BCUT2D eigenvalue weighted by Gasteiger charge is 2.33. The number of rotatable bonds is 11. The van der Waals surface area contributed by atoms with E-state index in [0.29, 0.717) is 21.8 Å². The van der Waals surface area contributed by atoms with Crippen LogP contribution in [-0.2, 0) is 26.2 Å². The van der Waals surface area contributed by atoms with Crippen LogP contribution in [0.2, 0.25) is 5.02 Å². The van der Waals surface area contributed by atoms with Crippen LogP contribution in [0.5, 0.6) is 0 Å². The van der Waals surface area contributed by atoms with E-state index in [4.69, 9.17) is 11.6 Å². The van der Waals surface area contributed by atoms with Crippen molar-refractivity contribution in [2.45, 2.75) is 71.5 Å². The smallest absolute Gasteiger partial charge is 0.264 e. The Bertz CT molecular complexity index is 1460. The topological polar surface area (TPSA) is 86.8 Å². The fraction of sp³-hybridized carbons (Fsp3) is 0.355. The van der Waals surface area contributed by atoms with E-state index in [9.17, 15) is 18.0 Å². The number of halogens is 1. The summed E-state index contributed by atoms with van der Waals surface area (Å²) in [6, 6.07) is 18.0. The van der Waals surface area contributed by atoms with Gasteiger partial charge < -0.3 is 10.2 Å². The van der Waals surface area contributed by atoms with Gasteiger partial charge in [0.05, 0.1) is 10.6 Å². The average Bonchev–Trinajstić information content (AvgIpc) is 2.91. The first-order valence-electron chi connectivity index (χ1n) is 13.3. The van der Waals surface area contributed by atoms with Gasteiger partial charge in [0.25, 0.3) is 10.0 Å². The van der Waals surface area contributed by atoms with Crippen molar-refractivity contribution in [1.82, 2.24) is 10.2 Å². The zero-order valence-electron chi connectivity index (χ0n) is 23.9. The Kier molecular flexibility index (Phi) is 10.4. The molecule has 214 valence electrons. The van der Waals surface area contributed by atoms with Crippen LogP contribution in [0.4, 0.5) is 5.69 Å². The lowest BCUT2D eigenvalue weighted by Crippen LogP contribution is -2.52. The summed E-state index contributed by atoms with van der Waals surface area (Å²) in [6.45, 7) is 10.6. The number of hydrogen-bond donors (Lipinski definition) is 1. The van der Waals surface area contributed by atoms with Crippen LogP contribution in [0, 0.1) is 20.8 Å². The van der Waals surface area contributed by atoms with Gasteiger partial charge >= 0.3 is 0 Å². The van der Waals surface area contributed by atoms with Gasteiger partial charge in [-0.05, 0) is 76.4 Å². The lowest BCUT2D eigenvalue weighted by Gasteiger charge is -2.33. The molecule has 2 amide bonds. The standard InChI is InChI=1S/C31H38ClN3O4S/c1-7-24(5)33-31(37)25(6)34(19-26-10-8-9-11-28(26)32)30(36)20-35(29-17-14-22(3)18-23(29)4)40(38,39)27-15-12-21(2)13-16-27/h8-18,24-25H,7,19-20H2,1-6H3,(H,33,37)/t24-,25-/m1/s1. The molecule has 0 bridgehead atoms. The Hall–Kier alpha value is -3.36. The predicted molar refractivity (Wildman–Crippen MR) is 161 cm³/mol. The van der Waals surface area contributed by atoms with Crippen molar-refractivity contribution in [2.24, 2.45) is 0 Å². The summed E-state index contributed by atoms with van der Waals surface area (Å²) in [4.78, 5) is 28.7. The van der Waals surface area contributed by atoms with E-state index in [1.165, 1.54) is 17.0 Å². The molecular weight excluding hydrogens is 546 g/mol. The quantitative estimate of drug-likeness (QED) is 0.309. The Morgan fingerprint density at radius 3 is 2.15 bits per heavy atom. The minimum atomic E-state index is -4.13. The van der Waals surface area contributed by atoms with Gasteiger partial charge in [0.15, 0.2) is 0 Å². The second-order valence-corrected chi connectivity index (χ2v) is 12.5. The molecule has 3 aromatic rings. The first kappa shape index (κ1) is 31.2. The number of hydrogen-bond acceptors (Lipinski definition) is 4. The van der Waals surface area contributed by atoms with Gasteiger partial charge in [-0.25, -0.2) is 8.42 Å². The molecule has 3 aromatic carbocycles. The number of aryl methyl sites for hydroxylation is 3. The number of benzene rings is 3. The summed E-state index contributed by atoms with van der Waals surface area (Å²) in [5.41, 5.74) is 3.65. The molecule has 3 rings (SSSR count). The monoisotopic (exact) mass is 583 g/mol. The second kappa shape index (κ2) is 13.3. The van der Waals surface area contributed by atoms with Crippen molar-refractivity contribution >= 4 is 39.1 Å². The van der Waals surface area contributed by atoms with Crippen LogP contribution >= 0.6 is 11.6 Å². The Balaban J connectivity index is 2.07. The van der Waals surface area contributed by atoms with Gasteiger partial charge in [-0.1, -0.05) is 72.1 Å². The minimum Gasteiger partial charge on any atom is -0.352 e. The average molecular weight is 584 g/mol. The van der Waals surface area contributed by atoms with E-state index in [1.54, 1.807) is 49.4 Å². The molecule has 1 N–H and O–H groups in total. The molecule has 40 heavy (non-hydrogen) atoms. The lowest BCUT2D eigenvalue weighted by atomic mass is 10.1. The third-order valence-electron chi connectivity index (χ3n) is 6.98. The highest BCUT2D eigenvalue weighted by Crippen LogP contribution is 2.29. The van der Waals surface area contributed by atoms with Crippen LogP contribution in [0.15, 0.2) is 71.6 Å². The predicted octanol–water partition coefficient (Wildman–Crippen LogP) is 5.79. The number of sulfonamides is 1. The summed E-state index contributed by atoms with van der Waals surface area (Å²) >= 11 is 6.42. The summed E-state index contributed by atoms with van der Waals surface area (Å²) in [5, 5.41) is 3.38. The van der Waals surface area contributed by atoms with Gasteiger partial charge in [-0.15, -0.1) is 0 Å². The van der Waals surface area contributed by atoms with Crippen LogP contribution in [0.25, 0.3) is 0 Å². The van der Waals surface area contributed by atoms with E-state index in [2.05, 4.69) is 5.32 Å². The van der Waals surface area contributed by atoms with Gasteiger partial charge in [0, 0.05) is 17.6 Å². The fourth-order valence-electron chi connectivity index (χ4n) is 4.29. The van der Waals surface area contributed by atoms with E-state index < -0.39 is 28.5 Å². The molecule has 0 saturated heterocycles. The molecule has 0 aliphatic carbocycles. The van der Waals surface area contributed by atoms with Crippen molar-refractivity contribution in [3.63, 3.8) is 0 Å². The number of nitrogens with one attached hydrogen (secondary N) is 1. The third-order valence-corrected chi connectivity index (χ3v) is 9.12. The number of amides is 2. The molecular formula is C31H38ClN3O4S. The van der Waals surface area contributed by atoms with E-state index in [-0.39, 0.29) is 23.4 Å². The molecule has 0 radical (unpaired) electrons. The summed E-state index contributed by atoms with van der Waals surface area (Å²) in [5.74, 6) is -0.850. The highest BCUT2D eigenvalue weighted by atomic mass is 35.5. The maximum Gasteiger partial charge on any atom is 0.264 e. The van der Waals surface area contributed by atoms with Crippen LogP contribution in [-0.4, -0.2) is 43.8 Å². The molecule has 0 aromatic heterocycles. The van der Waals surface area contributed by atoms with E-state index in [0.717, 1.165) is 21.9 Å². The summed E-state index contributed by atoms with van der Waals surface area (Å²) < 4.78 is 29.1. The van der Waals surface area contributed by atoms with Crippen LogP contribution in [0.3, 0.4) is 0 Å². The molecule has 0 spiro atoms. The molecule has 0 heterocycles. The fourth-order valence-corrected chi connectivity index (χ4v) is 5.97. The van der Waals surface area contributed by atoms with E-state index in [1.807, 2.05) is 46.8 Å². The second-order valence-electron chi connectivity index (χ2n) is 10.2. The maximum atomic E-state index is 14.1. The number of carbonyl (C=O) groups excluding carboxylic acids is 2. The van der Waals surface area contributed by atoms with Crippen LogP contribution < -0.4 is 9.62 Å². The highest BCUT2D eigenvalue weighted by molar-refractivity contribution is 7.92. The summed E-state index contributed by atoms with van der Waals surface area (Å²) in [7, 11) is -4.13. The zero-order valence-corrected chi connectivity index (χ0v) is 25.5. The van der Waals surface area contributed by atoms with Crippen molar-refractivity contribution < 1.29 is 18.0 Å². The third kappa shape index (κ3) is 7.43. The molecule has 2 atom stereocenters. The molecule has 7 nitrogen and oxygen atoms in total.